The fourth-order valence-electron chi connectivity index (χ4n) is 2.90. The van der Waals surface area contributed by atoms with Gasteiger partial charge in [0.05, 0.1) is 17.8 Å². The molecule has 1 heterocycles. The van der Waals surface area contributed by atoms with Crippen LogP contribution in [-0.2, 0) is 4.79 Å². The number of carbonyl (C=O) groups excluding carboxylic acids is 1. The lowest BCUT2D eigenvalue weighted by Crippen LogP contribution is -2.38. The first-order valence-electron chi connectivity index (χ1n) is 7.14. The molecule has 2 N–H and O–H groups in total. The van der Waals surface area contributed by atoms with Crippen molar-refractivity contribution in [3.63, 3.8) is 0 Å². The molecule has 1 amide bonds. The molecule has 1 aliphatic heterocycles. The third kappa shape index (κ3) is 2.96. The predicted octanol–water partition coefficient (Wildman–Crippen LogP) is 1.27. The molecule has 0 spiro atoms. The predicted molar refractivity (Wildman–Crippen MR) is 79.5 cm³/mol. The molecule has 0 aromatic carbocycles. The van der Waals surface area contributed by atoms with E-state index in [1.807, 2.05) is 4.90 Å². The van der Waals surface area contributed by atoms with Gasteiger partial charge in [0.2, 0.25) is 0 Å². The zero-order valence-electron chi connectivity index (χ0n) is 12.2. The van der Waals surface area contributed by atoms with Gasteiger partial charge in [-0.2, -0.15) is 5.10 Å². The zero-order chi connectivity index (χ0) is 14.5. The van der Waals surface area contributed by atoms with Crippen LogP contribution in [0.25, 0.3) is 0 Å². The van der Waals surface area contributed by atoms with Crippen molar-refractivity contribution in [2.75, 3.05) is 13.6 Å². The maximum Gasteiger partial charge on any atom is 0.257 e. The van der Waals surface area contributed by atoms with Gasteiger partial charge < -0.3 is 10.6 Å². The van der Waals surface area contributed by atoms with E-state index in [1.165, 1.54) is 30.5 Å². The fourth-order valence-corrected chi connectivity index (χ4v) is 2.90. The third-order valence-corrected chi connectivity index (χ3v) is 3.85. The number of likely N-dealkylation sites (tertiary alicyclic amines) is 1. The van der Waals surface area contributed by atoms with Crippen LogP contribution in [0.15, 0.2) is 16.9 Å². The van der Waals surface area contributed by atoms with E-state index in [-0.39, 0.29) is 5.91 Å². The summed E-state index contributed by atoms with van der Waals surface area (Å²) in [6.07, 6.45) is 7.21. The molecule has 0 radical (unpaired) electrons. The number of hydrogen-bond acceptors (Lipinski definition) is 4. The van der Waals surface area contributed by atoms with Crippen molar-refractivity contribution in [2.45, 2.75) is 45.1 Å². The highest BCUT2D eigenvalue weighted by atomic mass is 16.2. The molecule has 2 aliphatic rings. The van der Waals surface area contributed by atoms with Gasteiger partial charge in [-0.1, -0.05) is 25.2 Å². The van der Waals surface area contributed by atoms with Crippen molar-refractivity contribution in [1.82, 2.24) is 9.91 Å². The van der Waals surface area contributed by atoms with Gasteiger partial charge in [0, 0.05) is 25.3 Å². The molecule has 0 aromatic rings. The molecule has 1 aliphatic carbocycles. The van der Waals surface area contributed by atoms with Crippen LogP contribution in [0.5, 0.6) is 0 Å². The minimum Gasteiger partial charge on any atom is -0.404 e. The minimum absolute atomic E-state index is 0.0102. The molecule has 1 saturated heterocycles. The molecule has 5 heteroatoms. The summed E-state index contributed by atoms with van der Waals surface area (Å²) in [7, 11) is 1.77. The smallest absolute Gasteiger partial charge is 0.257 e. The summed E-state index contributed by atoms with van der Waals surface area (Å²) in [5, 5.41) is 5.92. The van der Waals surface area contributed by atoms with Crippen LogP contribution in [-0.4, -0.2) is 41.2 Å². The van der Waals surface area contributed by atoms with Crippen LogP contribution < -0.4 is 5.73 Å². The highest BCUT2D eigenvalue weighted by Gasteiger charge is 2.36. The van der Waals surface area contributed by atoms with Gasteiger partial charge in [-0.3, -0.25) is 4.79 Å². The van der Waals surface area contributed by atoms with E-state index in [9.17, 15) is 4.79 Å². The van der Waals surface area contributed by atoms with Gasteiger partial charge >= 0.3 is 0 Å². The topological polar surface area (TPSA) is 61.9 Å². The summed E-state index contributed by atoms with van der Waals surface area (Å²) in [6, 6.07) is 3.16. The van der Waals surface area contributed by atoms with Crippen LogP contribution in [0.1, 0.15) is 39.0 Å². The monoisotopic (exact) mass is 274 g/mol. The van der Waals surface area contributed by atoms with Gasteiger partial charge in [0.15, 0.2) is 0 Å². The summed E-state index contributed by atoms with van der Waals surface area (Å²) < 4.78 is 0. The van der Waals surface area contributed by atoms with Crippen molar-refractivity contribution in [2.24, 2.45) is 10.8 Å². The maximum absolute atomic E-state index is 12.4. The lowest BCUT2D eigenvalue weighted by Gasteiger charge is -2.30. The Morgan fingerprint density at radius 2 is 2.10 bits per heavy atom. The van der Waals surface area contributed by atoms with Crippen molar-refractivity contribution >= 4 is 11.6 Å². The van der Waals surface area contributed by atoms with Crippen molar-refractivity contribution < 1.29 is 4.79 Å². The van der Waals surface area contributed by atoms with E-state index in [1.54, 1.807) is 14.0 Å². The Bertz CT molecular complexity index is 492. The first kappa shape index (κ1) is 14.4. The number of nitrogens with zero attached hydrogens (tertiary/aromatic N) is 3. The minimum atomic E-state index is 0.0102. The Balaban J connectivity index is 2.18. The first-order chi connectivity index (χ1) is 9.67. The summed E-state index contributed by atoms with van der Waals surface area (Å²) in [4.78, 5) is 14.3. The van der Waals surface area contributed by atoms with Crippen LogP contribution >= 0.6 is 0 Å². The molecule has 0 unspecified atom stereocenters. The molecular weight excluding hydrogens is 252 g/mol. The summed E-state index contributed by atoms with van der Waals surface area (Å²) in [6.45, 7) is 2.30. The van der Waals surface area contributed by atoms with Crippen molar-refractivity contribution in [3.8, 4) is 12.0 Å². The lowest BCUT2D eigenvalue weighted by atomic mass is 9.94. The van der Waals surface area contributed by atoms with Crippen LogP contribution in [0.3, 0.4) is 0 Å². The summed E-state index contributed by atoms with van der Waals surface area (Å²) in [5.41, 5.74) is 6.84. The van der Waals surface area contributed by atoms with E-state index in [0.29, 0.717) is 23.9 Å². The average molecular weight is 274 g/mol. The molecule has 20 heavy (non-hydrogen) atoms. The number of carbonyl (C=O) groups is 1. The van der Waals surface area contributed by atoms with Crippen molar-refractivity contribution in [3.05, 3.63) is 11.8 Å². The number of hydrazone groups is 1. The van der Waals surface area contributed by atoms with E-state index >= 15 is 0 Å². The number of nitrogens with two attached hydrogens (primary N) is 1. The average Bonchev–Trinajstić information content (AvgIpc) is 2.76. The number of rotatable bonds is 2. The van der Waals surface area contributed by atoms with E-state index in [2.05, 4.69) is 17.1 Å². The fraction of sp³-hybridized carbons (Fsp3) is 0.600. The Morgan fingerprint density at radius 3 is 2.70 bits per heavy atom. The normalized spacial score (nSPS) is 24.1. The van der Waals surface area contributed by atoms with Crippen LogP contribution in [0.4, 0.5) is 0 Å². The second kappa shape index (κ2) is 6.47. The van der Waals surface area contributed by atoms with Gasteiger partial charge in [-0.05, 0) is 19.8 Å². The highest BCUT2D eigenvalue weighted by molar-refractivity contribution is 6.27. The van der Waals surface area contributed by atoms with Gasteiger partial charge in [-0.25, -0.2) is 5.01 Å². The molecule has 0 bridgehead atoms. The summed E-state index contributed by atoms with van der Waals surface area (Å²) >= 11 is 0. The molecule has 0 atom stereocenters. The van der Waals surface area contributed by atoms with E-state index in [0.717, 1.165) is 12.8 Å². The van der Waals surface area contributed by atoms with Crippen LogP contribution in [0, 0.1) is 12.0 Å². The first-order valence-corrected chi connectivity index (χ1v) is 7.14. The van der Waals surface area contributed by atoms with E-state index in [4.69, 9.17) is 5.73 Å². The second-order valence-corrected chi connectivity index (χ2v) is 5.24. The SMILES string of the molecule is CC#CN(C)/N=C1/CN(C2CCCCC2)C(=O)/C1=C/N. The Kier molecular flexibility index (Phi) is 4.67. The Morgan fingerprint density at radius 1 is 1.40 bits per heavy atom. The molecule has 2 rings (SSSR count). The van der Waals surface area contributed by atoms with Crippen LogP contribution in [0.2, 0.25) is 0 Å². The maximum atomic E-state index is 12.4. The molecule has 0 aromatic heterocycles. The lowest BCUT2D eigenvalue weighted by molar-refractivity contribution is -0.127. The van der Waals surface area contributed by atoms with E-state index < -0.39 is 0 Å². The second-order valence-electron chi connectivity index (χ2n) is 5.24. The quantitative estimate of drug-likeness (QED) is 0.357. The van der Waals surface area contributed by atoms with Gasteiger partial charge in [0.1, 0.15) is 0 Å². The Hall–Kier alpha value is -1.96. The highest BCUT2D eigenvalue weighted by Crippen LogP contribution is 2.27. The molecule has 1 saturated carbocycles. The molecule has 2 fully saturated rings. The number of hydrogen-bond donors (Lipinski definition) is 1. The molecular formula is C15H22N4O. The molecule has 108 valence electrons. The van der Waals surface area contributed by atoms with Gasteiger partial charge in [0.25, 0.3) is 5.91 Å². The third-order valence-electron chi connectivity index (χ3n) is 3.85. The molecule has 5 nitrogen and oxygen atoms in total. The Labute approximate surface area is 120 Å². The zero-order valence-corrected chi connectivity index (χ0v) is 12.2. The van der Waals surface area contributed by atoms with Gasteiger partial charge in [-0.15, -0.1) is 0 Å². The summed E-state index contributed by atoms with van der Waals surface area (Å²) in [5.74, 6) is 2.79. The standard InChI is InChI=1S/C15H22N4O/c1-3-9-18(2)17-14-11-19(15(20)13(14)10-16)12-7-5-4-6-8-12/h10,12H,4-8,11,16H2,1-2H3/b13-10+,17-14-. The largest absolute Gasteiger partial charge is 0.404 e. The van der Waals surface area contributed by atoms with Crippen molar-refractivity contribution in [1.29, 1.82) is 0 Å². The number of amides is 1.